The minimum atomic E-state index is -0.596. The largest absolute Gasteiger partial charge is 0.395 e. The van der Waals surface area contributed by atoms with Crippen LogP contribution in [0.3, 0.4) is 0 Å². The molecule has 0 saturated carbocycles. The van der Waals surface area contributed by atoms with Crippen molar-refractivity contribution in [2.75, 3.05) is 23.4 Å². The highest BCUT2D eigenvalue weighted by molar-refractivity contribution is 6.02. The molecule has 3 heterocycles. The van der Waals surface area contributed by atoms with Gasteiger partial charge < -0.3 is 15.4 Å². The number of aryl methyl sites for hydroxylation is 1. The molecule has 1 aromatic carbocycles. The molecule has 0 aliphatic rings. The lowest BCUT2D eigenvalue weighted by Gasteiger charge is -2.22. The zero-order chi connectivity index (χ0) is 21.8. The fourth-order valence-corrected chi connectivity index (χ4v) is 3.43. The Labute approximate surface area is 177 Å². The van der Waals surface area contributed by atoms with E-state index in [1.807, 2.05) is 13.1 Å². The number of aromatic amines is 1. The molecule has 158 valence electrons. The number of rotatable bonds is 6. The van der Waals surface area contributed by atoms with E-state index in [9.17, 15) is 14.3 Å². The van der Waals surface area contributed by atoms with Crippen LogP contribution in [0, 0.1) is 5.82 Å². The summed E-state index contributed by atoms with van der Waals surface area (Å²) in [5.74, 6) is -0.596. The fraction of sp³-hybridized carbons (Fsp3) is 0.182. The van der Waals surface area contributed by atoms with Gasteiger partial charge in [0.25, 0.3) is 0 Å². The van der Waals surface area contributed by atoms with Crippen molar-refractivity contribution in [2.24, 2.45) is 0 Å². The maximum Gasteiger partial charge on any atom is 0.326 e. The van der Waals surface area contributed by atoms with E-state index in [-0.39, 0.29) is 18.8 Å². The van der Waals surface area contributed by atoms with Gasteiger partial charge in [-0.15, -0.1) is 0 Å². The summed E-state index contributed by atoms with van der Waals surface area (Å²) in [4.78, 5) is 29.7. The molecular formula is C22H21FN6O2. The Hall–Kier alpha value is -3.85. The number of anilines is 2. The first kappa shape index (κ1) is 20.4. The number of halogens is 1. The monoisotopic (exact) mass is 420 g/mol. The highest BCUT2D eigenvalue weighted by atomic mass is 19.1. The van der Waals surface area contributed by atoms with E-state index in [1.165, 1.54) is 29.6 Å². The molecule has 3 aromatic heterocycles. The van der Waals surface area contributed by atoms with Crippen molar-refractivity contribution in [3.63, 3.8) is 0 Å². The molecule has 9 heteroatoms. The van der Waals surface area contributed by atoms with Gasteiger partial charge in [-0.25, -0.2) is 19.2 Å². The van der Waals surface area contributed by atoms with Gasteiger partial charge in [-0.3, -0.25) is 9.88 Å². The van der Waals surface area contributed by atoms with Crippen LogP contribution in [0.4, 0.5) is 20.6 Å². The first-order chi connectivity index (χ1) is 15.1. The van der Waals surface area contributed by atoms with Crippen molar-refractivity contribution in [1.29, 1.82) is 0 Å². The number of aliphatic hydroxyl groups is 1. The second kappa shape index (κ2) is 8.88. The molecule has 0 aliphatic heterocycles. The van der Waals surface area contributed by atoms with Crippen LogP contribution in [0.25, 0.3) is 22.3 Å². The molecular weight excluding hydrogens is 399 g/mol. The smallest absolute Gasteiger partial charge is 0.326 e. The summed E-state index contributed by atoms with van der Waals surface area (Å²) < 4.78 is 14.9. The Morgan fingerprint density at radius 2 is 2.16 bits per heavy atom. The highest BCUT2D eigenvalue weighted by Gasteiger charge is 2.18. The SMILES string of the molecule is CCc1c[nH]c2ncnc(-c3ccc(NC(=O)N(CCO)c4cccnc4)c(F)c3)c12. The molecule has 0 saturated heterocycles. The minimum Gasteiger partial charge on any atom is -0.395 e. The van der Waals surface area contributed by atoms with Crippen LogP contribution in [0.1, 0.15) is 12.5 Å². The van der Waals surface area contributed by atoms with Crippen LogP contribution in [0.2, 0.25) is 0 Å². The third kappa shape index (κ3) is 4.08. The van der Waals surface area contributed by atoms with Gasteiger partial charge >= 0.3 is 6.03 Å². The topological polar surface area (TPSA) is 107 Å². The fourth-order valence-electron chi connectivity index (χ4n) is 3.43. The summed E-state index contributed by atoms with van der Waals surface area (Å²) >= 11 is 0. The zero-order valence-corrected chi connectivity index (χ0v) is 16.8. The predicted molar refractivity (Wildman–Crippen MR) is 116 cm³/mol. The quantitative estimate of drug-likeness (QED) is 0.440. The van der Waals surface area contributed by atoms with Gasteiger partial charge in [0.1, 0.15) is 17.8 Å². The van der Waals surface area contributed by atoms with Gasteiger partial charge in [0.2, 0.25) is 0 Å². The number of pyridine rings is 1. The molecule has 0 radical (unpaired) electrons. The highest BCUT2D eigenvalue weighted by Crippen LogP contribution is 2.30. The molecule has 0 aliphatic carbocycles. The van der Waals surface area contributed by atoms with E-state index >= 15 is 0 Å². The van der Waals surface area contributed by atoms with Gasteiger partial charge in [0.05, 0.1) is 36.4 Å². The maximum atomic E-state index is 14.9. The number of aromatic nitrogens is 4. The van der Waals surface area contributed by atoms with Crippen molar-refractivity contribution in [1.82, 2.24) is 19.9 Å². The van der Waals surface area contributed by atoms with Gasteiger partial charge in [0.15, 0.2) is 0 Å². The molecule has 4 rings (SSSR count). The summed E-state index contributed by atoms with van der Waals surface area (Å²) in [6.45, 7) is 1.83. The standard InChI is InChI=1S/C22H21FN6O2/c1-2-14-11-25-21-19(14)20(26-13-27-21)15-5-6-18(17(23)10-15)28-22(31)29(8-9-30)16-4-3-7-24-12-16/h3-7,10-13,30H,2,8-9H2,1H3,(H,28,31)(H,25,26,27). The molecule has 8 nitrogen and oxygen atoms in total. The van der Waals surface area contributed by atoms with Crippen LogP contribution in [-0.4, -0.2) is 44.2 Å². The molecule has 0 unspecified atom stereocenters. The first-order valence-corrected chi connectivity index (χ1v) is 9.82. The second-order valence-corrected chi connectivity index (χ2v) is 6.82. The number of H-pyrrole nitrogens is 1. The van der Waals surface area contributed by atoms with Crippen LogP contribution in [-0.2, 0) is 6.42 Å². The normalized spacial score (nSPS) is 10.9. The Morgan fingerprint density at radius 1 is 1.29 bits per heavy atom. The molecule has 0 atom stereocenters. The first-order valence-electron chi connectivity index (χ1n) is 9.82. The molecule has 0 bridgehead atoms. The van der Waals surface area contributed by atoms with Crippen molar-refractivity contribution in [3.8, 4) is 11.3 Å². The van der Waals surface area contributed by atoms with Gasteiger partial charge in [-0.2, -0.15) is 0 Å². The molecule has 31 heavy (non-hydrogen) atoms. The number of fused-ring (bicyclic) bond motifs is 1. The van der Waals surface area contributed by atoms with E-state index in [2.05, 4.69) is 25.3 Å². The number of benzene rings is 1. The molecule has 4 aromatic rings. The molecule has 0 spiro atoms. The van der Waals surface area contributed by atoms with E-state index in [4.69, 9.17) is 0 Å². The van der Waals surface area contributed by atoms with Gasteiger partial charge in [-0.05, 0) is 36.2 Å². The molecule has 3 N–H and O–H groups in total. The lowest BCUT2D eigenvalue weighted by atomic mass is 10.0. The van der Waals surface area contributed by atoms with E-state index in [0.717, 1.165) is 17.4 Å². The Morgan fingerprint density at radius 3 is 2.87 bits per heavy atom. The molecule has 0 fully saturated rings. The number of nitrogens with one attached hydrogen (secondary N) is 2. The van der Waals surface area contributed by atoms with Crippen molar-refractivity contribution in [3.05, 3.63) is 66.6 Å². The second-order valence-electron chi connectivity index (χ2n) is 6.82. The third-order valence-electron chi connectivity index (χ3n) is 4.94. The lowest BCUT2D eigenvalue weighted by Crippen LogP contribution is -2.37. The molecule has 2 amide bonds. The van der Waals surface area contributed by atoms with Crippen LogP contribution < -0.4 is 10.2 Å². The number of urea groups is 1. The van der Waals surface area contributed by atoms with Gasteiger partial charge in [0, 0.05) is 23.3 Å². The van der Waals surface area contributed by atoms with Crippen molar-refractivity contribution in [2.45, 2.75) is 13.3 Å². The summed E-state index contributed by atoms with van der Waals surface area (Å²) in [6.07, 6.45) is 7.17. The van der Waals surface area contributed by atoms with Crippen molar-refractivity contribution < 1.29 is 14.3 Å². The summed E-state index contributed by atoms with van der Waals surface area (Å²) in [5, 5.41) is 12.7. The summed E-state index contributed by atoms with van der Waals surface area (Å²) in [6, 6.07) is 7.32. The Kier molecular flexibility index (Phi) is 5.85. The zero-order valence-electron chi connectivity index (χ0n) is 16.8. The number of hydrogen-bond donors (Lipinski definition) is 3. The number of amides is 2. The van der Waals surface area contributed by atoms with Crippen LogP contribution in [0.15, 0.2) is 55.2 Å². The average molecular weight is 420 g/mol. The Balaban J connectivity index is 1.63. The number of carbonyl (C=O) groups is 1. The number of carbonyl (C=O) groups excluding carboxylic acids is 1. The summed E-state index contributed by atoms with van der Waals surface area (Å²) in [7, 11) is 0. The predicted octanol–water partition coefficient (Wildman–Crippen LogP) is 3.75. The van der Waals surface area contributed by atoms with Crippen LogP contribution in [0.5, 0.6) is 0 Å². The van der Waals surface area contributed by atoms with Crippen LogP contribution >= 0.6 is 0 Å². The van der Waals surface area contributed by atoms with E-state index < -0.39 is 11.8 Å². The lowest BCUT2D eigenvalue weighted by molar-refractivity contribution is 0.252. The number of aliphatic hydroxyl groups excluding tert-OH is 1. The van der Waals surface area contributed by atoms with Gasteiger partial charge in [-0.1, -0.05) is 13.0 Å². The third-order valence-corrected chi connectivity index (χ3v) is 4.94. The number of hydrogen-bond acceptors (Lipinski definition) is 5. The summed E-state index contributed by atoms with van der Waals surface area (Å²) in [5.41, 5.74) is 3.45. The van der Waals surface area contributed by atoms with Crippen molar-refractivity contribution >= 4 is 28.4 Å². The van der Waals surface area contributed by atoms with E-state index in [1.54, 1.807) is 24.4 Å². The van der Waals surface area contributed by atoms with E-state index in [0.29, 0.717) is 22.6 Å². The Bertz CT molecular complexity index is 1210. The minimum absolute atomic E-state index is 0.0238. The number of nitrogens with zero attached hydrogens (tertiary/aromatic N) is 4. The maximum absolute atomic E-state index is 14.9. The average Bonchev–Trinajstić information content (AvgIpc) is 3.23.